The summed E-state index contributed by atoms with van der Waals surface area (Å²) in [7, 11) is 0. The van der Waals surface area contributed by atoms with Gasteiger partial charge in [-0.2, -0.15) is 0 Å². The summed E-state index contributed by atoms with van der Waals surface area (Å²) in [6.45, 7) is 15.3. The summed E-state index contributed by atoms with van der Waals surface area (Å²) in [6, 6.07) is 14.6. The number of aliphatic hydroxyl groups excluding tert-OH is 1. The predicted molar refractivity (Wildman–Crippen MR) is 124 cm³/mol. The quantitative estimate of drug-likeness (QED) is 0.380. The lowest BCUT2D eigenvalue weighted by Crippen LogP contribution is -2.32. The number of rotatable bonds is 10. The summed E-state index contributed by atoms with van der Waals surface area (Å²) in [5.41, 5.74) is 6.17. The molecule has 2 rings (SSSR count). The van der Waals surface area contributed by atoms with Crippen molar-refractivity contribution in [3.63, 3.8) is 0 Å². The summed E-state index contributed by atoms with van der Waals surface area (Å²) in [4.78, 5) is 10.7. The van der Waals surface area contributed by atoms with E-state index in [2.05, 4.69) is 49.3 Å². The molecule has 0 aliphatic heterocycles. The minimum absolute atomic E-state index is 0.447. The molecule has 1 atom stereocenters. The van der Waals surface area contributed by atoms with E-state index in [1.54, 1.807) is 12.1 Å². The lowest BCUT2D eigenvalue weighted by Gasteiger charge is -2.13. The van der Waals surface area contributed by atoms with Gasteiger partial charge < -0.3 is 20.3 Å². The van der Waals surface area contributed by atoms with Crippen molar-refractivity contribution < 1.29 is 19.7 Å². The molecule has 0 aliphatic carbocycles. The molecule has 160 valence electrons. The Bertz CT molecular complexity index is 838. The van der Waals surface area contributed by atoms with Gasteiger partial charge in [-0.05, 0) is 42.7 Å². The number of carboxylic acid groups (broad SMARTS) is 1. The lowest BCUT2D eigenvalue weighted by molar-refractivity contribution is -0.138. The number of carbonyl (C=O) groups is 1. The molecule has 0 saturated heterocycles. The van der Waals surface area contributed by atoms with E-state index in [9.17, 15) is 4.79 Å². The zero-order valence-electron chi connectivity index (χ0n) is 17.7. The van der Waals surface area contributed by atoms with E-state index < -0.39 is 18.6 Å². The van der Waals surface area contributed by atoms with Crippen LogP contribution in [0.3, 0.4) is 0 Å². The highest BCUT2D eigenvalue weighted by atomic mass is 16.5. The normalized spacial score (nSPS) is 10.8. The first kappa shape index (κ1) is 24.7. The van der Waals surface area contributed by atoms with Crippen molar-refractivity contribution in [1.82, 2.24) is 0 Å². The number of ether oxygens (including phenoxy) is 1. The van der Waals surface area contributed by atoms with Crippen molar-refractivity contribution >= 4 is 22.8 Å². The van der Waals surface area contributed by atoms with Crippen LogP contribution in [0.4, 0.5) is 5.69 Å². The summed E-state index contributed by atoms with van der Waals surface area (Å²) < 4.78 is 5.06. The van der Waals surface area contributed by atoms with E-state index in [0.717, 1.165) is 23.1 Å². The molecule has 0 saturated carbocycles. The molecule has 3 N–H and O–H groups in total. The van der Waals surface area contributed by atoms with Crippen LogP contribution >= 0.6 is 0 Å². The van der Waals surface area contributed by atoms with Crippen molar-refractivity contribution in [3.05, 3.63) is 91.2 Å². The Morgan fingerprint density at radius 3 is 1.93 bits per heavy atom. The van der Waals surface area contributed by atoms with Crippen LogP contribution in [-0.4, -0.2) is 35.4 Å². The standard InChI is InChI=1S/C13H16O.C12H15NO3/c1-4-14-10-9-12-5-7-13(8-6-12)11(2)3;1-8(2)9-3-5-10(6-4-9)13-11(7-14)12(15)16/h4-8H,1-2,9-10H2,3H3;3-6,11,13-14H,1,7H2,2H3,(H,15,16)/t;11-/m.0/s1. The van der Waals surface area contributed by atoms with Crippen LogP contribution in [0.15, 0.2) is 74.5 Å². The van der Waals surface area contributed by atoms with Gasteiger partial charge in [-0.1, -0.05) is 67.3 Å². The molecule has 0 radical (unpaired) electrons. The molecule has 0 bridgehead atoms. The second kappa shape index (κ2) is 13.0. The highest BCUT2D eigenvalue weighted by molar-refractivity contribution is 5.77. The highest BCUT2D eigenvalue weighted by Crippen LogP contribution is 2.16. The molecule has 5 heteroatoms. The van der Waals surface area contributed by atoms with Crippen molar-refractivity contribution in [1.29, 1.82) is 0 Å². The fraction of sp³-hybridized carbons (Fsp3) is 0.240. The molecule has 30 heavy (non-hydrogen) atoms. The monoisotopic (exact) mass is 409 g/mol. The molecule has 0 aliphatic rings. The number of anilines is 1. The van der Waals surface area contributed by atoms with Crippen molar-refractivity contribution in [3.8, 4) is 0 Å². The fourth-order valence-electron chi connectivity index (χ4n) is 2.45. The first-order valence-corrected chi connectivity index (χ1v) is 9.62. The molecular weight excluding hydrogens is 378 g/mol. The largest absolute Gasteiger partial charge is 0.501 e. The Morgan fingerprint density at radius 2 is 1.53 bits per heavy atom. The number of hydrogen-bond donors (Lipinski definition) is 3. The van der Waals surface area contributed by atoms with Crippen LogP contribution in [0.25, 0.3) is 11.1 Å². The van der Waals surface area contributed by atoms with E-state index in [0.29, 0.717) is 12.3 Å². The van der Waals surface area contributed by atoms with Crippen LogP contribution < -0.4 is 5.32 Å². The summed E-state index contributed by atoms with van der Waals surface area (Å²) in [5.74, 6) is -1.08. The lowest BCUT2D eigenvalue weighted by atomic mass is 10.1. The minimum Gasteiger partial charge on any atom is -0.501 e. The van der Waals surface area contributed by atoms with Gasteiger partial charge in [0.05, 0.1) is 19.5 Å². The molecule has 2 aromatic rings. The molecule has 0 heterocycles. The molecule has 0 spiro atoms. The number of nitrogens with one attached hydrogen (secondary N) is 1. The van der Waals surface area contributed by atoms with Crippen LogP contribution in [0.5, 0.6) is 0 Å². The number of allylic oxidation sites excluding steroid dienone is 2. The maximum absolute atomic E-state index is 10.7. The predicted octanol–water partition coefficient (Wildman–Crippen LogP) is 5.00. The van der Waals surface area contributed by atoms with E-state index in [4.69, 9.17) is 14.9 Å². The van der Waals surface area contributed by atoms with Gasteiger partial charge in [0.2, 0.25) is 0 Å². The Morgan fingerprint density at radius 1 is 1.03 bits per heavy atom. The molecule has 0 aromatic heterocycles. The zero-order chi connectivity index (χ0) is 22.5. The molecule has 0 fully saturated rings. The van der Waals surface area contributed by atoms with Gasteiger partial charge in [-0.3, -0.25) is 0 Å². The summed E-state index contributed by atoms with van der Waals surface area (Å²) >= 11 is 0. The Labute approximate surface area is 179 Å². The highest BCUT2D eigenvalue weighted by Gasteiger charge is 2.15. The average molecular weight is 410 g/mol. The van der Waals surface area contributed by atoms with E-state index in [-0.39, 0.29) is 0 Å². The van der Waals surface area contributed by atoms with Gasteiger partial charge in [0.1, 0.15) is 6.04 Å². The third kappa shape index (κ3) is 8.80. The Balaban J connectivity index is 0.000000303. The van der Waals surface area contributed by atoms with Gasteiger partial charge in [-0.25, -0.2) is 4.79 Å². The van der Waals surface area contributed by atoms with Crippen molar-refractivity contribution in [2.24, 2.45) is 0 Å². The van der Waals surface area contributed by atoms with E-state index in [1.165, 1.54) is 17.4 Å². The number of hydrogen-bond acceptors (Lipinski definition) is 4. The SMILES string of the molecule is C=C(C)c1ccc(N[C@@H](CO)C(=O)O)cc1.C=COCCc1ccc(C(=C)C)cc1. The van der Waals surface area contributed by atoms with Crippen molar-refractivity contribution in [2.45, 2.75) is 26.3 Å². The number of aliphatic hydroxyl groups is 1. The second-order valence-electron chi connectivity index (χ2n) is 6.84. The zero-order valence-corrected chi connectivity index (χ0v) is 17.7. The third-order valence-corrected chi connectivity index (χ3v) is 4.27. The topological polar surface area (TPSA) is 78.8 Å². The molecule has 5 nitrogen and oxygen atoms in total. The number of aliphatic carboxylic acids is 1. The fourth-order valence-corrected chi connectivity index (χ4v) is 2.45. The third-order valence-electron chi connectivity index (χ3n) is 4.27. The van der Waals surface area contributed by atoms with E-state index in [1.807, 2.05) is 26.0 Å². The Hall–Kier alpha value is -3.31. The maximum atomic E-state index is 10.7. The van der Waals surface area contributed by atoms with Gasteiger partial charge >= 0.3 is 5.97 Å². The number of benzene rings is 2. The molecule has 2 aromatic carbocycles. The number of carboxylic acids is 1. The summed E-state index contributed by atoms with van der Waals surface area (Å²) in [6.07, 6.45) is 2.39. The van der Waals surface area contributed by atoms with Crippen LogP contribution in [0, 0.1) is 0 Å². The van der Waals surface area contributed by atoms with Gasteiger partial charge in [0.25, 0.3) is 0 Å². The van der Waals surface area contributed by atoms with E-state index >= 15 is 0 Å². The molecule has 0 amide bonds. The summed E-state index contributed by atoms with van der Waals surface area (Å²) in [5, 5.41) is 20.3. The molecule has 0 unspecified atom stereocenters. The molecular formula is C25H31NO4. The maximum Gasteiger partial charge on any atom is 0.328 e. The van der Waals surface area contributed by atoms with Gasteiger partial charge in [0.15, 0.2) is 0 Å². The Kier molecular flexibility index (Phi) is 10.7. The first-order chi connectivity index (χ1) is 14.3. The second-order valence-corrected chi connectivity index (χ2v) is 6.84. The van der Waals surface area contributed by atoms with Gasteiger partial charge in [0, 0.05) is 12.1 Å². The van der Waals surface area contributed by atoms with Crippen LogP contribution in [-0.2, 0) is 16.0 Å². The van der Waals surface area contributed by atoms with Crippen LogP contribution in [0.1, 0.15) is 30.5 Å². The first-order valence-electron chi connectivity index (χ1n) is 9.62. The average Bonchev–Trinajstić information content (AvgIpc) is 2.73. The van der Waals surface area contributed by atoms with Gasteiger partial charge in [-0.15, -0.1) is 0 Å². The van der Waals surface area contributed by atoms with Crippen molar-refractivity contribution in [2.75, 3.05) is 18.5 Å². The van der Waals surface area contributed by atoms with Crippen LogP contribution in [0.2, 0.25) is 0 Å². The smallest absolute Gasteiger partial charge is 0.328 e. The minimum atomic E-state index is -1.08.